The summed E-state index contributed by atoms with van der Waals surface area (Å²) >= 11 is 0. The first-order valence-corrected chi connectivity index (χ1v) is 9.35. The van der Waals surface area contributed by atoms with Gasteiger partial charge in [0.05, 0.1) is 0 Å². The fourth-order valence-corrected chi connectivity index (χ4v) is 3.60. The minimum Gasteiger partial charge on any atom is -0.410 e. The Morgan fingerprint density at radius 3 is 2.56 bits per heavy atom. The Labute approximate surface area is 160 Å². The van der Waals surface area contributed by atoms with Crippen LogP contribution in [0.1, 0.15) is 49.8 Å². The third kappa shape index (κ3) is 4.27. The molecule has 1 amide bonds. The van der Waals surface area contributed by atoms with Crippen LogP contribution in [-0.4, -0.2) is 23.9 Å². The average molecular weight is 362 g/mol. The van der Waals surface area contributed by atoms with E-state index in [9.17, 15) is 10.0 Å². The zero-order valence-electron chi connectivity index (χ0n) is 15.9. The van der Waals surface area contributed by atoms with Crippen LogP contribution >= 0.6 is 0 Å². The van der Waals surface area contributed by atoms with Gasteiger partial charge in [0.2, 0.25) is 6.41 Å². The van der Waals surface area contributed by atoms with Crippen molar-refractivity contribution in [2.75, 3.05) is 6.54 Å². The molecule has 0 aromatic heterocycles. The highest BCUT2D eigenvalue weighted by atomic mass is 16.4. The number of amides is 1. The van der Waals surface area contributed by atoms with Gasteiger partial charge in [0.15, 0.2) is 0 Å². The number of hydrogen-bond acceptors (Lipinski definition) is 3. The Bertz CT molecular complexity index is 882. The standard InChI is InChI=1S/C23H26N2O2/c1-23(2,15-24-16-26)13-7-3-4-8-17-11-12-19-18-9-5-6-10-20(18)22(25-27)21(19)14-17/h4-6,8-12,14,16,27H,3,7,13,15H2,1-2H3,(H,24,26)/b8-4+,25-22+. The van der Waals surface area contributed by atoms with E-state index in [1.807, 2.05) is 18.2 Å². The van der Waals surface area contributed by atoms with E-state index >= 15 is 0 Å². The van der Waals surface area contributed by atoms with Crippen LogP contribution < -0.4 is 5.32 Å². The summed E-state index contributed by atoms with van der Waals surface area (Å²) in [6.45, 7) is 5.04. The second-order valence-corrected chi connectivity index (χ2v) is 7.76. The number of rotatable bonds is 8. The number of benzene rings is 2. The van der Waals surface area contributed by atoms with Crippen molar-refractivity contribution in [3.8, 4) is 11.1 Å². The summed E-state index contributed by atoms with van der Waals surface area (Å²) in [5.41, 5.74) is 6.02. The maximum atomic E-state index is 10.4. The Balaban J connectivity index is 1.64. The van der Waals surface area contributed by atoms with Gasteiger partial charge in [0.1, 0.15) is 5.71 Å². The van der Waals surface area contributed by atoms with E-state index in [1.54, 1.807) is 0 Å². The molecule has 2 N–H and O–H groups in total. The Kier molecular flexibility index (Phi) is 5.75. The third-order valence-electron chi connectivity index (χ3n) is 5.07. The lowest BCUT2D eigenvalue weighted by atomic mass is 9.87. The van der Waals surface area contributed by atoms with Gasteiger partial charge in [0, 0.05) is 17.7 Å². The van der Waals surface area contributed by atoms with Crippen molar-refractivity contribution in [1.29, 1.82) is 0 Å². The topological polar surface area (TPSA) is 61.7 Å². The molecule has 2 aromatic carbocycles. The highest BCUT2D eigenvalue weighted by Gasteiger charge is 2.24. The average Bonchev–Trinajstić information content (AvgIpc) is 2.99. The molecule has 27 heavy (non-hydrogen) atoms. The summed E-state index contributed by atoms with van der Waals surface area (Å²) in [4.78, 5) is 10.4. The fraction of sp³-hybridized carbons (Fsp3) is 0.304. The highest BCUT2D eigenvalue weighted by molar-refractivity contribution is 6.24. The van der Waals surface area contributed by atoms with Gasteiger partial charge in [-0.05, 0) is 47.4 Å². The quantitative estimate of drug-likeness (QED) is 0.260. The maximum Gasteiger partial charge on any atom is 0.207 e. The van der Waals surface area contributed by atoms with Gasteiger partial charge in [0.25, 0.3) is 0 Å². The van der Waals surface area contributed by atoms with Crippen molar-refractivity contribution in [1.82, 2.24) is 5.32 Å². The van der Waals surface area contributed by atoms with Crippen LogP contribution in [0.25, 0.3) is 17.2 Å². The minimum absolute atomic E-state index is 0.112. The van der Waals surface area contributed by atoms with Gasteiger partial charge >= 0.3 is 0 Å². The van der Waals surface area contributed by atoms with Gasteiger partial charge < -0.3 is 10.5 Å². The number of oxime groups is 1. The lowest BCUT2D eigenvalue weighted by Crippen LogP contribution is -2.28. The van der Waals surface area contributed by atoms with Crippen LogP contribution in [-0.2, 0) is 4.79 Å². The monoisotopic (exact) mass is 362 g/mol. The summed E-state index contributed by atoms with van der Waals surface area (Å²) < 4.78 is 0. The highest BCUT2D eigenvalue weighted by Crippen LogP contribution is 2.37. The van der Waals surface area contributed by atoms with Crippen LogP contribution in [0.2, 0.25) is 0 Å². The van der Waals surface area contributed by atoms with Gasteiger partial charge in [-0.1, -0.05) is 67.6 Å². The molecule has 0 fully saturated rings. The predicted octanol–water partition coefficient (Wildman–Crippen LogP) is 4.85. The zero-order chi connectivity index (χ0) is 19.3. The van der Waals surface area contributed by atoms with E-state index in [1.165, 1.54) is 0 Å². The van der Waals surface area contributed by atoms with Gasteiger partial charge in [-0.25, -0.2) is 0 Å². The molecule has 4 nitrogen and oxygen atoms in total. The van der Waals surface area contributed by atoms with Crippen molar-refractivity contribution >= 4 is 18.2 Å². The van der Waals surface area contributed by atoms with E-state index < -0.39 is 0 Å². The number of hydrogen-bond donors (Lipinski definition) is 2. The maximum absolute atomic E-state index is 10.4. The lowest BCUT2D eigenvalue weighted by molar-refractivity contribution is -0.109. The van der Waals surface area contributed by atoms with Crippen molar-refractivity contribution in [3.63, 3.8) is 0 Å². The van der Waals surface area contributed by atoms with Crippen LogP contribution in [0, 0.1) is 5.41 Å². The number of allylic oxidation sites excluding steroid dienone is 1. The molecule has 1 aliphatic carbocycles. The molecule has 0 atom stereocenters. The van der Waals surface area contributed by atoms with Gasteiger partial charge in [-0.2, -0.15) is 0 Å². The predicted molar refractivity (Wildman–Crippen MR) is 110 cm³/mol. The normalized spacial score (nSPS) is 14.4. The number of carbonyl (C=O) groups excluding carboxylic acids is 1. The molecule has 0 heterocycles. The van der Waals surface area contributed by atoms with E-state index in [-0.39, 0.29) is 5.41 Å². The molecule has 0 saturated heterocycles. The Hall–Kier alpha value is -2.88. The number of fused-ring (bicyclic) bond motifs is 3. The van der Waals surface area contributed by atoms with Crippen molar-refractivity contribution in [2.24, 2.45) is 10.6 Å². The Morgan fingerprint density at radius 2 is 1.81 bits per heavy atom. The molecule has 0 aliphatic heterocycles. The lowest BCUT2D eigenvalue weighted by Gasteiger charge is -2.23. The summed E-state index contributed by atoms with van der Waals surface area (Å²) in [5, 5.41) is 15.8. The summed E-state index contributed by atoms with van der Waals surface area (Å²) in [6.07, 6.45) is 8.18. The minimum atomic E-state index is 0.112. The molecule has 2 aromatic rings. The summed E-state index contributed by atoms with van der Waals surface area (Å²) in [7, 11) is 0. The molecule has 0 bridgehead atoms. The first-order chi connectivity index (χ1) is 13.1. The second kappa shape index (κ2) is 8.21. The largest absolute Gasteiger partial charge is 0.410 e. The second-order valence-electron chi connectivity index (χ2n) is 7.76. The van der Waals surface area contributed by atoms with E-state index in [2.05, 4.69) is 60.7 Å². The molecule has 1 aliphatic rings. The molecule has 0 radical (unpaired) electrons. The van der Waals surface area contributed by atoms with Gasteiger partial charge in [-0.3, -0.25) is 4.79 Å². The molecule has 4 heteroatoms. The number of nitrogens with zero attached hydrogens (tertiary/aromatic N) is 1. The molecule has 140 valence electrons. The molecule has 0 saturated carbocycles. The fourth-order valence-electron chi connectivity index (χ4n) is 3.60. The molecular weight excluding hydrogens is 336 g/mol. The summed E-state index contributed by atoms with van der Waals surface area (Å²) in [6, 6.07) is 14.3. The van der Waals surface area contributed by atoms with Gasteiger partial charge in [-0.15, -0.1) is 0 Å². The molecule has 3 rings (SSSR count). The first kappa shape index (κ1) is 18.9. The van der Waals surface area contributed by atoms with Crippen LogP contribution in [0.15, 0.2) is 53.7 Å². The van der Waals surface area contributed by atoms with Crippen molar-refractivity contribution < 1.29 is 10.0 Å². The van der Waals surface area contributed by atoms with E-state index in [0.717, 1.165) is 53.5 Å². The smallest absolute Gasteiger partial charge is 0.207 e. The first-order valence-electron chi connectivity index (χ1n) is 9.35. The third-order valence-corrected chi connectivity index (χ3v) is 5.07. The summed E-state index contributed by atoms with van der Waals surface area (Å²) in [5.74, 6) is 0. The van der Waals surface area contributed by atoms with Crippen LogP contribution in [0.3, 0.4) is 0 Å². The molecule has 0 unspecified atom stereocenters. The SMILES string of the molecule is CC(C)(CCC/C=C/c1ccc2c(c1)/C(=N/O)c1ccccc1-2)CNC=O. The number of carbonyl (C=O) groups is 1. The number of nitrogens with one attached hydrogen (secondary N) is 1. The molecule has 0 spiro atoms. The zero-order valence-corrected chi connectivity index (χ0v) is 15.9. The van der Waals surface area contributed by atoms with E-state index in [4.69, 9.17) is 0 Å². The van der Waals surface area contributed by atoms with Crippen LogP contribution in [0.5, 0.6) is 0 Å². The van der Waals surface area contributed by atoms with Crippen molar-refractivity contribution in [3.05, 3.63) is 65.2 Å². The molecular formula is C23H26N2O2. The number of unbranched alkanes of at least 4 members (excludes halogenated alkanes) is 1. The van der Waals surface area contributed by atoms with E-state index in [0.29, 0.717) is 12.3 Å². The van der Waals surface area contributed by atoms with Crippen molar-refractivity contribution in [2.45, 2.75) is 33.1 Å². The van der Waals surface area contributed by atoms with Crippen LogP contribution in [0.4, 0.5) is 0 Å². The Morgan fingerprint density at radius 1 is 1.07 bits per heavy atom.